The van der Waals surface area contributed by atoms with Crippen LogP contribution in [-0.2, 0) is 6.42 Å². The molecule has 0 amide bonds. The third kappa shape index (κ3) is 2.30. The van der Waals surface area contributed by atoms with E-state index >= 15 is 0 Å². The Morgan fingerprint density at radius 3 is 2.64 bits per heavy atom. The van der Waals surface area contributed by atoms with Crippen LogP contribution in [-0.4, -0.2) is 9.97 Å². The summed E-state index contributed by atoms with van der Waals surface area (Å²) in [6.45, 7) is 4.03. The molecular formula is C9H11N3OS. The highest BCUT2D eigenvalue weighted by molar-refractivity contribution is 7.71. The lowest BCUT2D eigenvalue weighted by Gasteiger charge is -2.05. The van der Waals surface area contributed by atoms with E-state index in [2.05, 4.69) is 9.97 Å². The molecule has 0 aliphatic heterocycles. The zero-order valence-corrected chi connectivity index (χ0v) is 8.86. The molecule has 1 aromatic rings. The van der Waals surface area contributed by atoms with E-state index in [-0.39, 0.29) is 10.3 Å². The van der Waals surface area contributed by atoms with E-state index in [1.807, 2.05) is 19.9 Å². The second kappa shape index (κ2) is 4.20. The lowest BCUT2D eigenvalue weighted by molar-refractivity contribution is 0.630. The van der Waals surface area contributed by atoms with Crippen LogP contribution in [0.2, 0.25) is 0 Å². The van der Waals surface area contributed by atoms with Gasteiger partial charge in [0.1, 0.15) is 11.6 Å². The third-order valence-corrected chi connectivity index (χ3v) is 1.95. The summed E-state index contributed by atoms with van der Waals surface area (Å²) in [6.07, 6.45) is 0.649. The second-order valence-electron chi connectivity index (χ2n) is 3.47. The average molecular weight is 209 g/mol. The van der Waals surface area contributed by atoms with Gasteiger partial charge < -0.3 is 4.98 Å². The standard InChI is InChI=1S/C9H11N3OS/c1-5(2)3-7-6(4-10)8(13)12-9(14)11-7/h5H,3H2,1-2H3,(H2,11,12,13,14). The Kier molecular flexibility index (Phi) is 3.20. The summed E-state index contributed by atoms with van der Waals surface area (Å²) in [5, 5.41) is 8.78. The molecule has 0 saturated carbocycles. The van der Waals surface area contributed by atoms with E-state index in [1.165, 1.54) is 0 Å². The molecule has 1 aromatic heterocycles. The van der Waals surface area contributed by atoms with Gasteiger partial charge in [0.15, 0.2) is 4.77 Å². The molecule has 0 aromatic carbocycles. The SMILES string of the molecule is CC(C)Cc1[nH]c(=S)[nH]c(=O)c1C#N. The number of hydrogen-bond acceptors (Lipinski definition) is 3. The number of nitrogens with one attached hydrogen (secondary N) is 2. The molecule has 74 valence electrons. The Morgan fingerprint density at radius 1 is 1.50 bits per heavy atom. The Morgan fingerprint density at radius 2 is 2.14 bits per heavy atom. The lowest BCUT2D eigenvalue weighted by Crippen LogP contribution is -2.16. The summed E-state index contributed by atoms with van der Waals surface area (Å²) in [6, 6.07) is 1.88. The van der Waals surface area contributed by atoms with Crippen molar-refractivity contribution < 1.29 is 0 Å². The molecule has 0 saturated heterocycles. The summed E-state index contributed by atoms with van der Waals surface area (Å²) in [5.74, 6) is 0.370. The van der Waals surface area contributed by atoms with Crippen LogP contribution >= 0.6 is 12.2 Å². The summed E-state index contributed by atoms with van der Waals surface area (Å²) >= 11 is 4.83. The number of hydrogen-bond donors (Lipinski definition) is 2. The molecule has 0 spiro atoms. The second-order valence-corrected chi connectivity index (χ2v) is 3.88. The van der Waals surface area contributed by atoms with Crippen molar-refractivity contribution >= 4 is 12.2 Å². The van der Waals surface area contributed by atoms with Crippen molar-refractivity contribution in [2.45, 2.75) is 20.3 Å². The van der Waals surface area contributed by atoms with Crippen molar-refractivity contribution in [1.82, 2.24) is 9.97 Å². The average Bonchev–Trinajstić information content (AvgIpc) is 2.01. The van der Waals surface area contributed by atoms with Crippen molar-refractivity contribution in [3.05, 3.63) is 26.4 Å². The van der Waals surface area contributed by atoms with E-state index < -0.39 is 5.56 Å². The molecule has 14 heavy (non-hydrogen) atoms. The molecule has 0 radical (unpaired) electrons. The maximum absolute atomic E-state index is 11.3. The van der Waals surface area contributed by atoms with E-state index in [0.717, 1.165) is 0 Å². The fourth-order valence-electron chi connectivity index (χ4n) is 1.21. The highest BCUT2D eigenvalue weighted by Crippen LogP contribution is 2.06. The largest absolute Gasteiger partial charge is 0.335 e. The topological polar surface area (TPSA) is 72.4 Å². The van der Waals surface area contributed by atoms with Gasteiger partial charge in [-0.15, -0.1) is 0 Å². The van der Waals surface area contributed by atoms with Crippen molar-refractivity contribution in [2.75, 3.05) is 0 Å². The number of nitriles is 1. The molecule has 0 bridgehead atoms. The van der Waals surface area contributed by atoms with Gasteiger partial charge in [-0.1, -0.05) is 13.8 Å². The quantitative estimate of drug-likeness (QED) is 0.725. The molecule has 1 heterocycles. The minimum absolute atomic E-state index is 0.132. The van der Waals surface area contributed by atoms with Crippen LogP contribution in [0.15, 0.2) is 4.79 Å². The third-order valence-electron chi connectivity index (χ3n) is 1.74. The molecule has 0 aliphatic rings. The first-order chi connectivity index (χ1) is 6.54. The van der Waals surface area contributed by atoms with E-state index in [9.17, 15) is 4.79 Å². The van der Waals surface area contributed by atoms with Gasteiger partial charge in [0.25, 0.3) is 5.56 Å². The van der Waals surface area contributed by atoms with Gasteiger partial charge in [-0.25, -0.2) is 0 Å². The van der Waals surface area contributed by atoms with Gasteiger partial charge in [-0.05, 0) is 24.6 Å². The van der Waals surface area contributed by atoms with Crippen molar-refractivity contribution in [3.8, 4) is 6.07 Å². The van der Waals surface area contributed by atoms with Crippen LogP contribution in [0.3, 0.4) is 0 Å². The predicted molar refractivity (Wildman–Crippen MR) is 55.5 cm³/mol. The minimum Gasteiger partial charge on any atom is -0.335 e. The van der Waals surface area contributed by atoms with Crippen LogP contribution in [0.1, 0.15) is 25.1 Å². The number of H-pyrrole nitrogens is 2. The zero-order chi connectivity index (χ0) is 10.7. The monoisotopic (exact) mass is 209 g/mol. The molecule has 0 aliphatic carbocycles. The first-order valence-corrected chi connectivity index (χ1v) is 4.71. The van der Waals surface area contributed by atoms with Gasteiger partial charge in [-0.2, -0.15) is 5.26 Å². The molecule has 2 N–H and O–H groups in total. The number of aromatic nitrogens is 2. The number of rotatable bonds is 2. The summed E-state index contributed by atoms with van der Waals surface area (Å²) in [4.78, 5) is 16.5. The molecule has 1 rings (SSSR count). The van der Waals surface area contributed by atoms with Gasteiger partial charge >= 0.3 is 0 Å². The van der Waals surface area contributed by atoms with Gasteiger partial charge in [-0.3, -0.25) is 9.78 Å². The molecule has 5 heteroatoms. The van der Waals surface area contributed by atoms with Crippen molar-refractivity contribution in [1.29, 1.82) is 5.26 Å². The number of nitrogens with zero attached hydrogens (tertiary/aromatic N) is 1. The van der Waals surface area contributed by atoms with Crippen LogP contribution in [0, 0.1) is 22.0 Å². The minimum atomic E-state index is -0.410. The van der Waals surface area contributed by atoms with Gasteiger partial charge in [0.2, 0.25) is 0 Å². The Hall–Kier alpha value is -1.41. The fraction of sp³-hybridized carbons (Fsp3) is 0.444. The summed E-state index contributed by atoms with van der Waals surface area (Å²) < 4.78 is 0.268. The zero-order valence-electron chi connectivity index (χ0n) is 8.05. The molecule has 4 nitrogen and oxygen atoms in total. The smallest absolute Gasteiger partial charge is 0.269 e. The van der Waals surface area contributed by atoms with Crippen LogP contribution in [0.25, 0.3) is 0 Å². The molecular weight excluding hydrogens is 198 g/mol. The van der Waals surface area contributed by atoms with E-state index in [0.29, 0.717) is 18.0 Å². The normalized spacial score (nSPS) is 10.1. The summed E-state index contributed by atoms with van der Waals surface area (Å²) in [7, 11) is 0. The molecule has 0 unspecified atom stereocenters. The maximum Gasteiger partial charge on any atom is 0.269 e. The Bertz CT molecular complexity index is 478. The maximum atomic E-state index is 11.3. The van der Waals surface area contributed by atoms with E-state index in [1.54, 1.807) is 0 Å². The highest BCUT2D eigenvalue weighted by Gasteiger charge is 2.08. The number of aromatic amines is 2. The fourth-order valence-corrected chi connectivity index (χ4v) is 1.43. The van der Waals surface area contributed by atoms with Crippen LogP contribution in [0.5, 0.6) is 0 Å². The van der Waals surface area contributed by atoms with Crippen LogP contribution < -0.4 is 5.56 Å². The van der Waals surface area contributed by atoms with Crippen molar-refractivity contribution in [2.24, 2.45) is 5.92 Å². The first-order valence-electron chi connectivity index (χ1n) is 4.30. The van der Waals surface area contributed by atoms with Gasteiger partial charge in [0, 0.05) is 5.69 Å². The first kappa shape index (κ1) is 10.7. The Balaban J connectivity index is 3.35. The summed E-state index contributed by atoms with van der Waals surface area (Å²) in [5.41, 5.74) is 0.343. The Labute approximate surface area is 86.6 Å². The molecule has 0 atom stereocenters. The van der Waals surface area contributed by atoms with Crippen LogP contribution in [0.4, 0.5) is 0 Å². The lowest BCUT2D eigenvalue weighted by atomic mass is 10.1. The predicted octanol–water partition coefficient (Wildman–Crippen LogP) is 1.50. The van der Waals surface area contributed by atoms with Gasteiger partial charge in [0.05, 0.1) is 0 Å². The van der Waals surface area contributed by atoms with E-state index in [4.69, 9.17) is 17.5 Å². The van der Waals surface area contributed by atoms with Crippen molar-refractivity contribution in [3.63, 3.8) is 0 Å². The molecule has 0 fully saturated rings. The highest BCUT2D eigenvalue weighted by atomic mass is 32.1.